The van der Waals surface area contributed by atoms with Crippen LogP contribution in [0.25, 0.3) is 49.5 Å². The summed E-state index contributed by atoms with van der Waals surface area (Å²) in [7, 11) is 0. The van der Waals surface area contributed by atoms with Crippen molar-refractivity contribution in [1.29, 1.82) is 10.5 Å². The van der Waals surface area contributed by atoms with Crippen LogP contribution in [-0.2, 0) is 10.8 Å². The summed E-state index contributed by atoms with van der Waals surface area (Å²) in [5.74, 6) is 0. The van der Waals surface area contributed by atoms with Crippen LogP contribution in [0, 0.1) is 22.7 Å². The van der Waals surface area contributed by atoms with Crippen LogP contribution >= 0.6 is 11.3 Å². The van der Waals surface area contributed by atoms with Crippen LogP contribution in [0.3, 0.4) is 0 Å². The molecular weight excluding hydrogens is 603 g/mol. The van der Waals surface area contributed by atoms with Gasteiger partial charge in [0.05, 0.1) is 5.69 Å². The third kappa shape index (κ3) is 5.49. The van der Waals surface area contributed by atoms with Crippen molar-refractivity contribution in [2.45, 2.75) is 52.4 Å². The Morgan fingerprint density at radius 2 is 1.21 bits per heavy atom. The number of hydrogen-bond donors (Lipinski definition) is 0. The van der Waals surface area contributed by atoms with Crippen LogP contribution in [0.5, 0.6) is 0 Å². The topological polar surface area (TPSA) is 50.8 Å². The summed E-state index contributed by atoms with van der Waals surface area (Å²) in [6, 6.07) is 43.9. The maximum absolute atomic E-state index is 9.20. The van der Waals surface area contributed by atoms with Crippen molar-refractivity contribution in [3.05, 3.63) is 131 Å². The second-order valence-corrected chi connectivity index (χ2v) is 15.6. The Morgan fingerprint density at radius 3 is 1.79 bits per heavy atom. The number of nitrogens with zero attached hydrogens (tertiary/aromatic N) is 3. The summed E-state index contributed by atoms with van der Waals surface area (Å²) >= 11 is 1.59. The molecule has 1 aromatic heterocycles. The predicted octanol–water partition coefficient (Wildman–Crippen LogP) is 12.7. The molecule has 0 unspecified atom stereocenters. The molecule has 1 aliphatic carbocycles. The second-order valence-electron chi connectivity index (χ2n) is 14.5. The normalized spacial score (nSPS) is 11.9. The lowest BCUT2D eigenvalue weighted by Gasteiger charge is -2.29. The molecule has 0 amide bonds. The van der Waals surface area contributed by atoms with E-state index in [9.17, 15) is 10.5 Å². The molecule has 234 valence electrons. The van der Waals surface area contributed by atoms with Gasteiger partial charge >= 0.3 is 0 Å². The SMILES string of the molecule is CC(C)(C)c1ccc(N(c2ccc(C(C)(C)C)cc2)c2ccc3c4c(cccc24)-c2cc(-c4ccc(C=C(C#N)C#N)s4)ccc2-3)cc1. The van der Waals surface area contributed by atoms with Gasteiger partial charge < -0.3 is 4.90 Å². The van der Waals surface area contributed by atoms with Crippen LogP contribution in [0.4, 0.5) is 17.1 Å². The zero-order valence-electron chi connectivity index (χ0n) is 28.2. The maximum Gasteiger partial charge on any atom is 0.131 e. The highest BCUT2D eigenvalue weighted by Gasteiger charge is 2.26. The van der Waals surface area contributed by atoms with Gasteiger partial charge in [-0.2, -0.15) is 10.5 Å². The highest BCUT2D eigenvalue weighted by molar-refractivity contribution is 7.16. The molecule has 0 saturated heterocycles. The number of allylic oxidation sites excluding steroid dienone is 1. The summed E-state index contributed by atoms with van der Waals surface area (Å²) in [5, 5.41) is 20.9. The molecule has 1 heterocycles. The van der Waals surface area contributed by atoms with E-state index < -0.39 is 0 Å². The lowest BCUT2D eigenvalue weighted by molar-refractivity contribution is 0.590. The molecule has 0 bridgehead atoms. The van der Waals surface area contributed by atoms with Gasteiger partial charge in [-0.3, -0.25) is 0 Å². The van der Waals surface area contributed by atoms with Gasteiger partial charge in [-0.15, -0.1) is 11.3 Å². The zero-order chi connectivity index (χ0) is 33.8. The van der Waals surface area contributed by atoms with Gasteiger partial charge in [0.1, 0.15) is 17.7 Å². The molecule has 0 saturated carbocycles. The van der Waals surface area contributed by atoms with Gasteiger partial charge in [0.25, 0.3) is 0 Å². The van der Waals surface area contributed by atoms with Gasteiger partial charge in [-0.05, 0) is 110 Å². The average molecular weight is 640 g/mol. The van der Waals surface area contributed by atoms with E-state index in [0.717, 1.165) is 32.4 Å². The smallest absolute Gasteiger partial charge is 0.131 e. The lowest BCUT2D eigenvalue weighted by Crippen LogP contribution is -2.14. The van der Waals surface area contributed by atoms with Gasteiger partial charge in [-0.1, -0.05) is 102 Å². The van der Waals surface area contributed by atoms with E-state index in [-0.39, 0.29) is 16.4 Å². The number of hydrogen-bond acceptors (Lipinski definition) is 4. The van der Waals surface area contributed by atoms with E-state index in [2.05, 4.69) is 150 Å². The summed E-state index contributed by atoms with van der Waals surface area (Å²) in [6.45, 7) is 13.5. The minimum atomic E-state index is 0.0714. The standard InChI is InChI=1S/C44H37N3S/c1-43(2,3)30-11-15-32(16-12-30)47(33-17-13-31(14-18-33)44(4,5)6)40-22-21-37-35-20-10-29(25-39(35)36-8-7-9-38(40)42(36)37)41-23-19-34(48-41)24-28(26-45)27-46/h7-25H,1-6H3. The summed E-state index contributed by atoms with van der Waals surface area (Å²) in [6.07, 6.45) is 1.65. The predicted molar refractivity (Wildman–Crippen MR) is 203 cm³/mol. The monoisotopic (exact) mass is 639 g/mol. The van der Waals surface area contributed by atoms with E-state index >= 15 is 0 Å². The number of anilines is 3. The molecule has 0 spiro atoms. The minimum absolute atomic E-state index is 0.0714. The van der Waals surface area contributed by atoms with Crippen LogP contribution in [0.15, 0.2) is 115 Å². The fraction of sp³-hybridized carbons (Fsp3) is 0.182. The Labute approximate surface area is 287 Å². The maximum atomic E-state index is 9.20. The van der Waals surface area contributed by atoms with Gasteiger partial charge in [0.15, 0.2) is 0 Å². The van der Waals surface area contributed by atoms with E-state index in [1.165, 1.54) is 44.2 Å². The number of nitriles is 2. The summed E-state index contributed by atoms with van der Waals surface area (Å²) < 4.78 is 0. The Morgan fingerprint density at radius 1 is 0.625 bits per heavy atom. The number of fused-ring (bicyclic) bond motifs is 3. The first-order chi connectivity index (χ1) is 23.0. The molecule has 7 rings (SSSR count). The fourth-order valence-corrected chi connectivity index (χ4v) is 7.60. The van der Waals surface area contributed by atoms with E-state index in [4.69, 9.17) is 0 Å². The molecule has 48 heavy (non-hydrogen) atoms. The largest absolute Gasteiger partial charge is 0.310 e. The molecular formula is C44H37N3S. The van der Waals surface area contributed by atoms with Crippen molar-refractivity contribution in [2.75, 3.05) is 4.90 Å². The van der Waals surface area contributed by atoms with E-state index in [1.54, 1.807) is 17.4 Å². The first kappa shape index (κ1) is 31.2. The van der Waals surface area contributed by atoms with Crippen molar-refractivity contribution >= 4 is 45.2 Å². The highest BCUT2D eigenvalue weighted by Crippen LogP contribution is 2.52. The van der Waals surface area contributed by atoms with Crippen molar-refractivity contribution in [3.8, 4) is 44.8 Å². The fourth-order valence-electron chi connectivity index (χ4n) is 6.66. The third-order valence-corrected chi connectivity index (χ3v) is 10.4. The van der Waals surface area contributed by atoms with Crippen molar-refractivity contribution in [2.24, 2.45) is 0 Å². The second kappa shape index (κ2) is 11.7. The molecule has 5 aromatic carbocycles. The van der Waals surface area contributed by atoms with Crippen LogP contribution in [0.1, 0.15) is 57.5 Å². The Kier molecular flexibility index (Phi) is 7.59. The quantitative estimate of drug-likeness (QED) is 0.176. The molecule has 1 aliphatic rings. The first-order valence-electron chi connectivity index (χ1n) is 16.3. The zero-order valence-corrected chi connectivity index (χ0v) is 29.0. The summed E-state index contributed by atoms with van der Waals surface area (Å²) in [4.78, 5) is 4.39. The van der Waals surface area contributed by atoms with Crippen molar-refractivity contribution < 1.29 is 0 Å². The molecule has 0 atom stereocenters. The van der Waals surface area contributed by atoms with Crippen molar-refractivity contribution in [1.82, 2.24) is 0 Å². The van der Waals surface area contributed by atoms with E-state index in [1.807, 2.05) is 18.2 Å². The Hall–Kier alpha value is -5.42. The van der Waals surface area contributed by atoms with Crippen LogP contribution in [-0.4, -0.2) is 0 Å². The van der Waals surface area contributed by atoms with Gasteiger partial charge in [0, 0.05) is 26.5 Å². The third-order valence-electron chi connectivity index (χ3n) is 9.28. The summed E-state index contributed by atoms with van der Waals surface area (Å²) in [5.41, 5.74) is 12.3. The van der Waals surface area contributed by atoms with E-state index in [0.29, 0.717) is 0 Å². The van der Waals surface area contributed by atoms with Crippen molar-refractivity contribution in [3.63, 3.8) is 0 Å². The number of rotatable bonds is 5. The van der Waals surface area contributed by atoms with Gasteiger partial charge in [-0.25, -0.2) is 0 Å². The Balaban J connectivity index is 1.36. The molecule has 0 radical (unpaired) electrons. The molecule has 0 N–H and O–H groups in total. The number of benzene rings is 5. The van der Waals surface area contributed by atoms with Crippen LogP contribution in [0.2, 0.25) is 0 Å². The highest BCUT2D eigenvalue weighted by atomic mass is 32.1. The molecule has 0 aliphatic heterocycles. The first-order valence-corrected chi connectivity index (χ1v) is 17.1. The molecule has 3 nitrogen and oxygen atoms in total. The van der Waals surface area contributed by atoms with Gasteiger partial charge in [0.2, 0.25) is 0 Å². The molecule has 0 fully saturated rings. The minimum Gasteiger partial charge on any atom is -0.310 e. The molecule has 6 aromatic rings. The Bertz CT molecular complexity index is 2240. The average Bonchev–Trinajstić information content (AvgIpc) is 3.68. The lowest BCUT2D eigenvalue weighted by atomic mass is 9.86. The number of thiophene rings is 1. The molecule has 4 heteroatoms. The van der Waals surface area contributed by atoms with Crippen LogP contribution < -0.4 is 4.90 Å².